The summed E-state index contributed by atoms with van der Waals surface area (Å²) in [4.78, 5) is 57.9. The summed E-state index contributed by atoms with van der Waals surface area (Å²) >= 11 is 1.30. The Kier molecular flexibility index (Phi) is 8.82. The van der Waals surface area contributed by atoms with Gasteiger partial charge >= 0.3 is 6.09 Å². The minimum atomic E-state index is -0.441. The van der Waals surface area contributed by atoms with Crippen molar-refractivity contribution >= 4 is 40.4 Å². The monoisotopic (exact) mass is 587 g/mol. The van der Waals surface area contributed by atoms with Crippen molar-refractivity contribution in [1.82, 2.24) is 19.4 Å². The van der Waals surface area contributed by atoms with E-state index in [1.807, 2.05) is 30.3 Å². The number of aromatic nitrogens is 2. The number of amides is 2. The lowest BCUT2D eigenvalue weighted by Crippen LogP contribution is -2.50. The fourth-order valence-corrected chi connectivity index (χ4v) is 5.69. The number of nitro benzene ring substituents is 1. The average Bonchev–Trinajstić information content (AvgIpc) is 3.02. The second-order valence-electron chi connectivity index (χ2n) is 9.70. The first-order valence-electron chi connectivity index (χ1n) is 13.5. The van der Waals surface area contributed by atoms with Crippen LogP contribution >= 0.6 is 11.8 Å². The van der Waals surface area contributed by atoms with Crippen LogP contribution in [0.5, 0.6) is 0 Å². The Morgan fingerprint density at radius 2 is 1.67 bits per heavy atom. The Morgan fingerprint density at radius 3 is 2.38 bits per heavy atom. The smallest absolute Gasteiger partial charge is 0.409 e. The quantitative estimate of drug-likeness (QED) is 0.127. The first-order valence-corrected chi connectivity index (χ1v) is 14.5. The molecule has 0 atom stereocenters. The van der Waals surface area contributed by atoms with Crippen molar-refractivity contribution in [2.24, 2.45) is 0 Å². The molecule has 0 saturated carbocycles. The Balaban J connectivity index is 1.44. The Bertz CT molecular complexity index is 1690. The lowest BCUT2D eigenvalue weighted by Gasteiger charge is -2.34. The molecule has 1 aliphatic rings. The van der Waals surface area contributed by atoms with E-state index >= 15 is 0 Å². The molecule has 0 spiro atoms. The third-order valence-electron chi connectivity index (χ3n) is 6.93. The van der Waals surface area contributed by atoms with Crippen molar-refractivity contribution in [3.05, 3.63) is 110 Å². The van der Waals surface area contributed by atoms with E-state index in [2.05, 4.69) is 0 Å². The van der Waals surface area contributed by atoms with Gasteiger partial charge in [-0.25, -0.2) is 9.78 Å². The van der Waals surface area contributed by atoms with Gasteiger partial charge in [0.05, 0.1) is 29.0 Å². The van der Waals surface area contributed by atoms with Crippen LogP contribution in [0.3, 0.4) is 0 Å². The third-order valence-corrected chi connectivity index (χ3v) is 7.98. The molecule has 1 aromatic heterocycles. The highest BCUT2D eigenvalue weighted by atomic mass is 32.2. The zero-order valence-corrected chi connectivity index (χ0v) is 23.8. The molecular weight excluding hydrogens is 558 g/mol. The van der Waals surface area contributed by atoms with Gasteiger partial charge in [0.2, 0.25) is 0 Å². The standard InChI is InChI=1S/C30H29N5O6S/c1-2-41-30(38)33-15-13-32(14-16-33)27(36)23-11-12-25-26(18-23)31-29(34(28(25)37)19-21-7-4-3-5-8-21)42-20-22-9-6-10-24(17-22)35(39)40/h3-12,17-18H,2,13-16,19-20H2,1H3. The second-order valence-corrected chi connectivity index (χ2v) is 10.6. The van der Waals surface area contributed by atoms with E-state index in [0.29, 0.717) is 66.7 Å². The van der Waals surface area contributed by atoms with Gasteiger partial charge in [-0.2, -0.15) is 0 Å². The number of hydrogen-bond acceptors (Lipinski definition) is 8. The van der Waals surface area contributed by atoms with Crippen LogP contribution in [0.25, 0.3) is 10.9 Å². The second kappa shape index (κ2) is 12.9. The number of piperazine rings is 1. The van der Waals surface area contributed by atoms with Crippen molar-refractivity contribution in [3.8, 4) is 0 Å². The molecule has 0 unspecified atom stereocenters. The maximum atomic E-state index is 13.7. The number of ether oxygens (including phenoxy) is 1. The predicted octanol–water partition coefficient (Wildman–Crippen LogP) is 4.56. The van der Waals surface area contributed by atoms with E-state index in [1.165, 1.54) is 23.9 Å². The molecule has 0 N–H and O–H groups in total. The highest BCUT2D eigenvalue weighted by Gasteiger charge is 2.26. The topological polar surface area (TPSA) is 128 Å². The molecule has 42 heavy (non-hydrogen) atoms. The molecule has 3 aromatic carbocycles. The summed E-state index contributed by atoms with van der Waals surface area (Å²) in [5, 5.41) is 12.1. The summed E-state index contributed by atoms with van der Waals surface area (Å²) in [6.07, 6.45) is -0.388. The maximum Gasteiger partial charge on any atom is 0.409 e. The van der Waals surface area contributed by atoms with Crippen molar-refractivity contribution < 1.29 is 19.2 Å². The van der Waals surface area contributed by atoms with Gasteiger partial charge in [-0.05, 0) is 36.2 Å². The lowest BCUT2D eigenvalue weighted by molar-refractivity contribution is -0.384. The molecule has 0 aliphatic carbocycles. The summed E-state index contributed by atoms with van der Waals surface area (Å²) in [6.45, 7) is 3.82. The van der Waals surface area contributed by atoms with Crippen molar-refractivity contribution in [1.29, 1.82) is 0 Å². The number of nitrogens with zero attached hydrogens (tertiary/aromatic N) is 5. The number of hydrogen-bond donors (Lipinski definition) is 0. The maximum absolute atomic E-state index is 13.7. The molecule has 2 heterocycles. The van der Waals surface area contributed by atoms with Gasteiger partial charge in [0, 0.05) is 49.6 Å². The fraction of sp³-hybridized carbons (Fsp3) is 0.267. The Morgan fingerprint density at radius 1 is 0.952 bits per heavy atom. The summed E-state index contributed by atoms with van der Waals surface area (Å²) in [5.41, 5.74) is 2.18. The third kappa shape index (κ3) is 6.44. The minimum absolute atomic E-state index is 0.00695. The van der Waals surface area contributed by atoms with E-state index in [9.17, 15) is 24.5 Å². The largest absolute Gasteiger partial charge is 0.450 e. The zero-order valence-electron chi connectivity index (χ0n) is 23.0. The van der Waals surface area contributed by atoms with Gasteiger partial charge in [-0.1, -0.05) is 54.2 Å². The molecular formula is C30H29N5O6S. The minimum Gasteiger partial charge on any atom is -0.450 e. The summed E-state index contributed by atoms with van der Waals surface area (Å²) in [5.74, 6) is 0.152. The lowest BCUT2D eigenvalue weighted by atomic mass is 10.1. The summed E-state index contributed by atoms with van der Waals surface area (Å²) < 4.78 is 6.65. The Labute approximate surface area is 245 Å². The molecule has 5 rings (SSSR count). The SMILES string of the molecule is CCOC(=O)N1CCN(C(=O)c2ccc3c(=O)n(Cc4ccccc4)c(SCc4cccc([N+](=O)[O-])c4)nc3c2)CC1. The molecule has 11 nitrogen and oxygen atoms in total. The van der Waals surface area contributed by atoms with Gasteiger partial charge in [0.1, 0.15) is 0 Å². The van der Waals surface area contributed by atoms with Crippen LogP contribution in [-0.2, 0) is 17.0 Å². The van der Waals surface area contributed by atoms with Crippen molar-refractivity contribution in [2.75, 3.05) is 32.8 Å². The van der Waals surface area contributed by atoms with Gasteiger partial charge in [-0.15, -0.1) is 0 Å². The van der Waals surface area contributed by atoms with E-state index in [4.69, 9.17) is 9.72 Å². The van der Waals surface area contributed by atoms with Crippen molar-refractivity contribution in [3.63, 3.8) is 0 Å². The predicted molar refractivity (Wildman–Crippen MR) is 159 cm³/mol. The summed E-state index contributed by atoms with van der Waals surface area (Å²) in [7, 11) is 0. The van der Waals surface area contributed by atoms with Gasteiger partial charge in [0.15, 0.2) is 5.16 Å². The van der Waals surface area contributed by atoms with E-state index < -0.39 is 4.92 Å². The molecule has 1 saturated heterocycles. The van der Waals surface area contributed by atoms with Crippen molar-refractivity contribution in [2.45, 2.75) is 24.4 Å². The number of nitro groups is 1. The molecule has 1 aliphatic heterocycles. The van der Waals surface area contributed by atoms with Gasteiger partial charge < -0.3 is 14.5 Å². The number of rotatable bonds is 8. The number of thioether (sulfide) groups is 1. The van der Waals surface area contributed by atoms with Crippen LogP contribution in [0.15, 0.2) is 82.7 Å². The van der Waals surface area contributed by atoms with E-state index in [0.717, 1.165) is 11.1 Å². The molecule has 1 fully saturated rings. The molecule has 0 bridgehead atoms. The van der Waals surface area contributed by atoms with Crippen LogP contribution in [0.1, 0.15) is 28.4 Å². The fourth-order valence-electron chi connectivity index (χ4n) is 4.75. The number of benzene rings is 3. The molecule has 2 amide bonds. The van der Waals surface area contributed by atoms with Gasteiger partial charge in [0.25, 0.3) is 17.2 Å². The highest BCUT2D eigenvalue weighted by Crippen LogP contribution is 2.25. The van der Waals surface area contributed by atoms with E-state index in [-0.39, 0.29) is 23.2 Å². The van der Waals surface area contributed by atoms with E-state index in [1.54, 1.807) is 51.6 Å². The van der Waals surface area contributed by atoms with Gasteiger partial charge in [-0.3, -0.25) is 24.3 Å². The van der Waals surface area contributed by atoms with Crippen LogP contribution < -0.4 is 5.56 Å². The number of carbonyl (C=O) groups is 2. The van der Waals surface area contributed by atoms with Crippen LogP contribution in [0.2, 0.25) is 0 Å². The summed E-state index contributed by atoms with van der Waals surface area (Å²) in [6, 6.07) is 20.8. The average molecular weight is 588 g/mol. The molecule has 0 radical (unpaired) electrons. The molecule has 4 aromatic rings. The van der Waals surface area contributed by atoms with Crippen LogP contribution in [-0.4, -0.2) is 69.1 Å². The molecule has 12 heteroatoms. The number of carbonyl (C=O) groups excluding carboxylic acids is 2. The van der Waals surface area contributed by atoms with Crippen LogP contribution in [0.4, 0.5) is 10.5 Å². The normalized spacial score (nSPS) is 13.3. The Hall–Kier alpha value is -4.71. The van der Waals surface area contributed by atoms with Crippen LogP contribution in [0, 0.1) is 10.1 Å². The molecule has 216 valence electrons. The number of fused-ring (bicyclic) bond motifs is 1. The first-order chi connectivity index (χ1) is 20.3. The number of non-ortho nitro benzene ring substituents is 1. The highest BCUT2D eigenvalue weighted by molar-refractivity contribution is 7.98. The zero-order chi connectivity index (χ0) is 29.6. The first kappa shape index (κ1) is 28.8.